The molecule has 82 valence electrons. The topological polar surface area (TPSA) is 46.5 Å². The summed E-state index contributed by atoms with van der Waals surface area (Å²) >= 11 is 0. The van der Waals surface area contributed by atoms with Crippen molar-refractivity contribution in [1.29, 1.82) is 0 Å². The number of ether oxygens (including phenoxy) is 1. The second-order valence-electron chi connectivity index (χ2n) is 3.38. The molecule has 1 N–H and O–H groups in total. The van der Waals surface area contributed by atoms with Crippen molar-refractivity contribution >= 4 is 5.97 Å². The van der Waals surface area contributed by atoms with Crippen LogP contribution in [0.4, 0.5) is 0 Å². The predicted molar refractivity (Wildman–Crippen MR) is 57.8 cm³/mol. The number of carboxylic acids is 1. The molecule has 0 spiro atoms. The molecule has 0 aliphatic carbocycles. The molecule has 1 unspecified atom stereocenters. The maximum Gasteiger partial charge on any atom is 0.309 e. The van der Waals surface area contributed by atoms with Crippen molar-refractivity contribution in [2.45, 2.75) is 13.3 Å². The lowest BCUT2D eigenvalue weighted by Crippen LogP contribution is -2.22. The van der Waals surface area contributed by atoms with Gasteiger partial charge in [-0.15, -0.1) is 0 Å². The molecule has 0 saturated heterocycles. The highest BCUT2D eigenvalue weighted by molar-refractivity contribution is 5.70. The Balaban J connectivity index is 2.55. The summed E-state index contributed by atoms with van der Waals surface area (Å²) in [5.74, 6) is -1.25. The van der Waals surface area contributed by atoms with Crippen LogP contribution in [0.3, 0.4) is 0 Å². The average Bonchev–Trinajstić information content (AvgIpc) is 2.25. The molecule has 1 atom stereocenters. The van der Waals surface area contributed by atoms with Crippen LogP contribution >= 0.6 is 0 Å². The standard InChI is InChI=1S/C12H16O3/c1-2-15-9-11(12(13)14)8-10-6-4-3-5-7-10/h3-7,11H,2,8-9H2,1H3,(H,13,14). The van der Waals surface area contributed by atoms with Gasteiger partial charge in [-0.1, -0.05) is 30.3 Å². The molecule has 0 amide bonds. The highest BCUT2D eigenvalue weighted by atomic mass is 16.5. The molecule has 0 aliphatic rings. The summed E-state index contributed by atoms with van der Waals surface area (Å²) in [6, 6.07) is 9.61. The second-order valence-corrected chi connectivity index (χ2v) is 3.38. The first kappa shape index (κ1) is 11.7. The van der Waals surface area contributed by atoms with E-state index in [-0.39, 0.29) is 6.61 Å². The zero-order valence-electron chi connectivity index (χ0n) is 8.85. The molecular weight excluding hydrogens is 192 g/mol. The number of aliphatic carboxylic acids is 1. The molecule has 0 aliphatic heterocycles. The van der Waals surface area contributed by atoms with E-state index in [1.54, 1.807) is 0 Å². The first-order chi connectivity index (χ1) is 7.24. The van der Waals surface area contributed by atoms with Gasteiger partial charge in [-0.25, -0.2) is 0 Å². The Labute approximate surface area is 89.7 Å². The van der Waals surface area contributed by atoms with Crippen LogP contribution in [-0.4, -0.2) is 24.3 Å². The van der Waals surface area contributed by atoms with Gasteiger partial charge in [-0.3, -0.25) is 4.79 Å². The van der Waals surface area contributed by atoms with Gasteiger partial charge in [0.2, 0.25) is 0 Å². The second kappa shape index (κ2) is 6.19. The van der Waals surface area contributed by atoms with Crippen LogP contribution in [0.15, 0.2) is 30.3 Å². The number of rotatable bonds is 6. The van der Waals surface area contributed by atoms with Gasteiger partial charge in [-0.05, 0) is 18.9 Å². The molecule has 1 aromatic carbocycles. The Hall–Kier alpha value is -1.35. The highest BCUT2D eigenvalue weighted by Gasteiger charge is 2.17. The van der Waals surface area contributed by atoms with Crippen molar-refractivity contribution in [3.63, 3.8) is 0 Å². The predicted octanol–water partition coefficient (Wildman–Crippen LogP) is 1.97. The first-order valence-electron chi connectivity index (χ1n) is 5.08. The molecule has 0 aromatic heterocycles. The molecule has 0 heterocycles. The quantitative estimate of drug-likeness (QED) is 0.777. The average molecular weight is 208 g/mol. The van der Waals surface area contributed by atoms with E-state index < -0.39 is 11.9 Å². The van der Waals surface area contributed by atoms with Gasteiger partial charge < -0.3 is 9.84 Å². The maximum absolute atomic E-state index is 10.9. The van der Waals surface area contributed by atoms with Crippen molar-refractivity contribution < 1.29 is 14.6 Å². The van der Waals surface area contributed by atoms with Crippen molar-refractivity contribution in [1.82, 2.24) is 0 Å². The fourth-order valence-electron chi connectivity index (χ4n) is 1.38. The third kappa shape index (κ3) is 4.13. The summed E-state index contributed by atoms with van der Waals surface area (Å²) in [5, 5.41) is 8.98. The lowest BCUT2D eigenvalue weighted by atomic mass is 10.0. The molecule has 0 saturated carbocycles. The van der Waals surface area contributed by atoms with Crippen LogP contribution in [0, 0.1) is 5.92 Å². The smallest absolute Gasteiger partial charge is 0.309 e. The lowest BCUT2D eigenvalue weighted by Gasteiger charge is -2.11. The SMILES string of the molecule is CCOCC(Cc1ccccc1)C(=O)O. The minimum atomic E-state index is -0.799. The normalized spacial score (nSPS) is 12.3. The summed E-state index contributed by atoms with van der Waals surface area (Å²) in [6.07, 6.45) is 0.524. The third-order valence-corrected chi connectivity index (χ3v) is 2.20. The van der Waals surface area contributed by atoms with Crippen molar-refractivity contribution in [2.75, 3.05) is 13.2 Å². The number of hydrogen-bond acceptors (Lipinski definition) is 2. The van der Waals surface area contributed by atoms with Gasteiger partial charge in [0.25, 0.3) is 0 Å². The molecule has 1 aromatic rings. The van der Waals surface area contributed by atoms with Crippen molar-refractivity contribution in [2.24, 2.45) is 5.92 Å². The monoisotopic (exact) mass is 208 g/mol. The Morgan fingerprint density at radius 3 is 2.60 bits per heavy atom. The Morgan fingerprint density at radius 2 is 2.07 bits per heavy atom. The van der Waals surface area contributed by atoms with Crippen molar-refractivity contribution in [3.05, 3.63) is 35.9 Å². The third-order valence-electron chi connectivity index (χ3n) is 2.20. The minimum Gasteiger partial charge on any atom is -0.481 e. The van der Waals surface area contributed by atoms with Crippen LogP contribution in [0.5, 0.6) is 0 Å². The molecule has 3 heteroatoms. The number of carboxylic acid groups (broad SMARTS) is 1. The van der Waals surface area contributed by atoms with Crippen LogP contribution in [-0.2, 0) is 16.0 Å². The van der Waals surface area contributed by atoms with Gasteiger partial charge in [-0.2, -0.15) is 0 Å². The molecule has 0 radical (unpaired) electrons. The molecule has 1 rings (SSSR count). The van der Waals surface area contributed by atoms with E-state index in [9.17, 15) is 4.79 Å². The Kier molecular flexibility index (Phi) is 4.84. The Bertz CT molecular complexity index is 295. The van der Waals surface area contributed by atoms with Gasteiger partial charge in [0.15, 0.2) is 0 Å². The molecule has 0 fully saturated rings. The summed E-state index contributed by atoms with van der Waals surface area (Å²) in [6.45, 7) is 2.70. The van der Waals surface area contributed by atoms with Gasteiger partial charge in [0.1, 0.15) is 0 Å². The lowest BCUT2D eigenvalue weighted by molar-refractivity contribution is -0.143. The molecule has 15 heavy (non-hydrogen) atoms. The number of hydrogen-bond donors (Lipinski definition) is 1. The summed E-state index contributed by atoms with van der Waals surface area (Å²) in [7, 11) is 0. The van der Waals surface area contributed by atoms with Crippen molar-refractivity contribution in [3.8, 4) is 0 Å². The van der Waals surface area contributed by atoms with Crippen LogP contribution in [0.2, 0.25) is 0 Å². The molecule has 3 nitrogen and oxygen atoms in total. The Morgan fingerprint density at radius 1 is 1.40 bits per heavy atom. The van der Waals surface area contributed by atoms with Gasteiger partial charge in [0, 0.05) is 6.61 Å². The summed E-state index contributed by atoms with van der Waals surface area (Å²) < 4.78 is 5.15. The fraction of sp³-hybridized carbons (Fsp3) is 0.417. The van der Waals surface area contributed by atoms with E-state index in [1.807, 2.05) is 37.3 Å². The van der Waals surface area contributed by atoms with Crippen LogP contribution in [0.1, 0.15) is 12.5 Å². The van der Waals surface area contributed by atoms with Crippen LogP contribution < -0.4 is 0 Å². The summed E-state index contributed by atoms with van der Waals surface area (Å²) in [5.41, 5.74) is 1.03. The van der Waals surface area contributed by atoms with E-state index in [0.717, 1.165) is 5.56 Å². The van der Waals surface area contributed by atoms with Gasteiger partial charge >= 0.3 is 5.97 Å². The van der Waals surface area contributed by atoms with E-state index >= 15 is 0 Å². The largest absolute Gasteiger partial charge is 0.481 e. The van der Waals surface area contributed by atoms with Crippen LogP contribution in [0.25, 0.3) is 0 Å². The fourth-order valence-corrected chi connectivity index (χ4v) is 1.38. The van der Waals surface area contributed by atoms with E-state index in [0.29, 0.717) is 13.0 Å². The number of carbonyl (C=O) groups is 1. The minimum absolute atomic E-state index is 0.278. The highest BCUT2D eigenvalue weighted by Crippen LogP contribution is 2.09. The molecule has 0 bridgehead atoms. The molecular formula is C12H16O3. The summed E-state index contributed by atoms with van der Waals surface area (Å²) in [4.78, 5) is 10.9. The van der Waals surface area contributed by atoms with E-state index in [1.165, 1.54) is 0 Å². The van der Waals surface area contributed by atoms with Gasteiger partial charge in [0.05, 0.1) is 12.5 Å². The first-order valence-corrected chi connectivity index (χ1v) is 5.08. The van der Waals surface area contributed by atoms with E-state index in [2.05, 4.69) is 0 Å². The number of benzene rings is 1. The zero-order valence-corrected chi connectivity index (χ0v) is 8.85. The maximum atomic E-state index is 10.9. The zero-order chi connectivity index (χ0) is 11.1. The van der Waals surface area contributed by atoms with E-state index in [4.69, 9.17) is 9.84 Å².